The number of rotatable bonds is 6. The summed E-state index contributed by atoms with van der Waals surface area (Å²) >= 11 is 1.47. The van der Waals surface area contributed by atoms with Crippen LogP contribution in [-0.2, 0) is 7.05 Å². The van der Waals surface area contributed by atoms with E-state index in [9.17, 15) is 9.59 Å². The molecule has 1 heterocycles. The minimum absolute atomic E-state index is 0.459. The van der Waals surface area contributed by atoms with E-state index >= 15 is 0 Å². The zero-order chi connectivity index (χ0) is 13.7. The van der Waals surface area contributed by atoms with E-state index in [2.05, 4.69) is 36.2 Å². The zero-order valence-electron chi connectivity index (χ0n) is 11.2. The van der Waals surface area contributed by atoms with Gasteiger partial charge in [-0.2, -0.15) is 4.98 Å². The maximum atomic E-state index is 11.2. The third-order valence-electron chi connectivity index (χ3n) is 2.32. The Bertz CT molecular complexity index is 495. The fraction of sp³-hybridized carbons (Fsp3) is 0.727. The van der Waals surface area contributed by atoms with E-state index in [0.717, 1.165) is 12.3 Å². The third kappa shape index (κ3) is 4.66. The Morgan fingerprint density at radius 1 is 1.39 bits per heavy atom. The van der Waals surface area contributed by atoms with Crippen molar-refractivity contribution in [2.75, 3.05) is 12.3 Å². The van der Waals surface area contributed by atoms with Crippen LogP contribution in [0.3, 0.4) is 0 Å². The van der Waals surface area contributed by atoms with E-state index in [4.69, 9.17) is 0 Å². The molecule has 0 aliphatic carbocycles. The molecule has 0 fully saturated rings. The number of H-pyrrole nitrogens is 1. The van der Waals surface area contributed by atoms with Crippen molar-refractivity contribution >= 4 is 11.8 Å². The highest BCUT2D eigenvalue weighted by Gasteiger charge is 2.08. The number of thioether (sulfide) groups is 1. The lowest BCUT2D eigenvalue weighted by molar-refractivity contribution is 0.509. The number of aryl methyl sites for hydroxylation is 1. The molecule has 1 atom stereocenters. The number of nitrogens with zero attached hydrogens (tertiary/aromatic N) is 2. The van der Waals surface area contributed by atoms with Crippen molar-refractivity contribution in [2.24, 2.45) is 13.0 Å². The SMILES string of the molecule is CC(CNC(C)C)CSc1nc(=O)c(=O)[nH]n1C. The number of aromatic nitrogens is 3. The van der Waals surface area contributed by atoms with Gasteiger partial charge in [0.05, 0.1) is 0 Å². The number of aromatic amines is 1. The minimum Gasteiger partial charge on any atom is -0.314 e. The van der Waals surface area contributed by atoms with Gasteiger partial charge in [-0.05, 0) is 12.5 Å². The summed E-state index contributed by atoms with van der Waals surface area (Å²) < 4.78 is 1.48. The molecule has 1 aromatic heterocycles. The highest BCUT2D eigenvalue weighted by molar-refractivity contribution is 7.99. The van der Waals surface area contributed by atoms with E-state index in [0.29, 0.717) is 17.1 Å². The molecule has 0 saturated carbocycles. The molecular weight excluding hydrogens is 252 g/mol. The van der Waals surface area contributed by atoms with Gasteiger partial charge in [-0.1, -0.05) is 32.5 Å². The second-order valence-electron chi connectivity index (χ2n) is 4.68. The van der Waals surface area contributed by atoms with Gasteiger partial charge in [0.1, 0.15) is 0 Å². The summed E-state index contributed by atoms with van der Waals surface area (Å²) in [5.74, 6) is 1.30. The smallest absolute Gasteiger partial charge is 0.314 e. The topological polar surface area (TPSA) is 79.8 Å². The van der Waals surface area contributed by atoms with Crippen molar-refractivity contribution in [1.82, 2.24) is 20.1 Å². The van der Waals surface area contributed by atoms with E-state index in [1.54, 1.807) is 7.05 Å². The molecule has 0 amide bonds. The monoisotopic (exact) mass is 272 g/mol. The highest BCUT2D eigenvalue weighted by atomic mass is 32.2. The number of hydrogen-bond acceptors (Lipinski definition) is 5. The maximum Gasteiger partial charge on any atom is 0.339 e. The predicted octanol–water partition coefficient (Wildman–Crippen LogP) is 0.195. The van der Waals surface area contributed by atoms with Crippen LogP contribution in [0.5, 0.6) is 0 Å². The lowest BCUT2D eigenvalue weighted by Crippen LogP contribution is -2.34. The molecule has 0 spiro atoms. The molecule has 6 nitrogen and oxygen atoms in total. The van der Waals surface area contributed by atoms with Gasteiger partial charge < -0.3 is 5.32 Å². The van der Waals surface area contributed by atoms with Crippen LogP contribution < -0.4 is 16.4 Å². The summed E-state index contributed by atoms with van der Waals surface area (Å²) in [5, 5.41) is 6.33. The third-order valence-corrected chi connectivity index (χ3v) is 3.68. The molecular formula is C11H20N4O2S. The van der Waals surface area contributed by atoms with E-state index in [-0.39, 0.29) is 0 Å². The molecule has 2 N–H and O–H groups in total. The first kappa shape index (κ1) is 15.0. The summed E-state index contributed by atoms with van der Waals surface area (Å²) in [6.45, 7) is 7.26. The first-order valence-corrected chi connectivity index (χ1v) is 6.92. The van der Waals surface area contributed by atoms with Crippen molar-refractivity contribution in [1.29, 1.82) is 0 Å². The van der Waals surface area contributed by atoms with Gasteiger partial charge in [-0.15, -0.1) is 0 Å². The summed E-state index contributed by atoms with van der Waals surface area (Å²) in [4.78, 5) is 25.9. The van der Waals surface area contributed by atoms with Crippen molar-refractivity contribution in [2.45, 2.75) is 32.0 Å². The van der Waals surface area contributed by atoms with Crippen LogP contribution in [-0.4, -0.2) is 33.1 Å². The van der Waals surface area contributed by atoms with Crippen LogP contribution >= 0.6 is 11.8 Å². The van der Waals surface area contributed by atoms with Gasteiger partial charge in [0.25, 0.3) is 0 Å². The number of hydrogen-bond donors (Lipinski definition) is 2. The molecule has 7 heteroatoms. The van der Waals surface area contributed by atoms with Gasteiger partial charge in [0.2, 0.25) is 0 Å². The van der Waals surface area contributed by atoms with Gasteiger partial charge in [0.15, 0.2) is 5.16 Å². The van der Waals surface area contributed by atoms with Gasteiger partial charge in [-0.3, -0.25) is 19.4 Å². The molecule has 1 rings (SSSR count). The van der Waals surface area contributed by atoms with Crippen LogP contribution in [0.1, 0.15) is 20.8 Å². The molecule has 0 radical (unpaired) electrons. The Kier molecular flexibility index (Phi) is 5.61. The molecule has 102 valence electrons. The van der Waals surface area contributed by atoms with E-state index in [1.807, 2.05) is 0 Å². The Hall–Kier alpha value is -1.08. The molecule has 0 aliphatic heterocycles. The summed E-state index contributed by atoms with van der Waals surface area (Å²) in [6.07, 6.45) is 0. The van der Waals surface area contributed by atoms with Crippen LogP contribution in [0.25, 0.3) is 0 Å². The van der Waals surface area contributed by atoms with E-state index in [1.165, 1.54) is 16.4 Å². The minimum atomic E-state index is -0.733. The normalized spacial score (nSPS) is 12.9. The van der Waals surface area contributed by atoms with Gasteiger partial charge >= 0.3 is 11.1 Å². The fourth-order valence-electron chi connectivity index (χ4n) is 1.30. The molecule has 0 bridgehead atoms. The van der Waals surface area contributed by atoms with Crippen molar-refractivity contribution < 1.29 is 0 Å². The molecule has 18 heavy (non-hydrogen) atoms. The molecule has 0 aliphatic rings. The van der Waals surface area contributed by atoms with Gasteiger partial charge in [0, 0.05) is 18.8 Å². The average Bonchev–Trinajstić information content (AvgIpc) is 2.29. The molecule has 0 aromatic carbocycles. The highest BCUT2D eigenvalue weighted by Crippen LogP contribution is 2.15. The maximum absolute atomic E-state index is 11.2. The first-order chi connectivity index (χ1) is 8.40. The van der Waals surface area contributed by atoms with Crippen molar-refractivity contribution in [3.63, 3.8) is 0 Å². The number of nitrogens with one attached hydrogen (secondary N) is 2. The molecule has 1 aromatic rings. The molecule has 0 saturated heterocycles. The van der Waals surface area contributed by atoms with Gasteiger partial charge in [-0.25, -0.2) is 0 Å². The van der Waals surface area contributed by atoms with E-state index < -0.39 is 11.1 Å². The predicted molar refractivity (Wildman–Crippen MR) is 73.1 cm³/mol. The summed E-state index contributed by atoms with van der Waals surface area (Å²) in [6, 6.07) is 0.466. The fourth-order valence-corrected chi connectivity index (χ4v) is 2.24. The Morgan fingerprint density at radius 2 is 2.06 bits per heavy atom. The Morgan fingerprint density at radius 3 is 2.67 bits per heavy atom. The van der Waals surface area contributed by atoms with Crippen LogP contribution in [0, 0.1) is 5.92 Å². The zero-order valence-corrected chi connectivity index (χ0v) is 12.0. The second-order valence-corrected chi connectivity index (χ2v) is 5.67. The Labute approximate surface area is 110 Å². The molecule has 1 unspecified atom stereocenters. The summed E-state index contributed by atoms with van der Waals surface area (Å²) in [7, 11) is 1.67. The standard InChI is InChI=1S/C11H20N4O2S/c1-7(2)12-5-8(3)6-18-11-13-9(16)10(17)14-15(11)4/h7-8,12H,5-6H2,1-4H3,(H,14,17). The van der Waals surface area contributed by atoms with Crippen molar-refractivity contribution in [3.05, 3.63) is 20.7 Å². The lowest BCUT2D eigenvalue weighted by atomic mass is 10.2. The van der Waals surface area contributed by atoms with Crippen LogP contribution in [0.2, 0.25) is 0 Å². The lowest BCUT2D eigenvalue weighted by Gasteiger charge is -2.14. The van der Waals surface area contributed by atoms with Crippen LogP contribution in [0.4, 0.5) is 0 Å². The van der Waals surface area contributed by atoms with Crippen LogP contribution in [0.15, 0.2) is 14.7 Å². The first-order valence-electron chi connectivity index (χ1n) is 5.93. The second kappa shape index (κ2) is 6.75. The Balaban J connectivity index is 2.56. The van der Waals surface area contributed by atoms with Crippen molar-refractivity contribution in [3.8, 4) is 0 Å². The quantitative estimate of drug-likeness (QED) is 0.571. The largest absolute Gasteiger partial charge is 0.339 e. The average molecular weight is 272 g/mol. The summed E-state index contributed by atoms with van der Waals surface area (Å²) in [5.41, 5.74) is -1.42.